The first kappa shape index (κ1) is 14.2. The van der Waals surface area contributed by atoms with Gasteiger partial charge in [0.05, 0.1) is 11.4 Å². The highest BCUT2D eigenvalue weighted by Crippen LogP contribution is 2.39. The molecule has 2 aliphatic heterocycles. The Hall–Kier alpha value is -3.21. The fourth-order valence-electron chi connectivity index (χ4n) is 3.65. The molecule has 2 aromatic rings. The van der Waals surface area contributed by atoms with Crippen LogP contribution in [-0.2, 0) is 0 Å². The number of pyridine rings is 1. The minimum Gasteiger partial charge on any atom is -0.375 e. The lowest BCUT2D eigenvalue weighted by Gasteiger charge is -2.28. The second kappa shape index (κ2) is 5.14. The molecule has 0 fully saturated rings. The maximum Gasteiger partial charge on any atom is 0.124 e. The van der Waals surface area contributed by atoms with Crippen molar-refractivity contribution in [1.82, 2.24) is 15.3 Å². The van der Waals surface area contributed by atoms with Gasteiger partial charge in [-0.1, -0.05) is 12.1 Å². The van der Waals surface area contributed by atoms with Crippen molar-refractivity contribution in [2.24, 2.45) is 5.10 Å². The first-order valence-electron chi connectivity index (χ1n) is 8.13. The molecule has 0 amide bonds. The molecule has 4 nitrogen and oxygen atoms in total. The van der Waals surface area contributed by atoms with Crippen LogP contribution in [-0.4, -0.2) is 29.2 Å². The van der Waals surface area contributed by atoms with E-state index < -0.39 is 0 Å². The van der Waals surface area contributed by atoms with Crippen molar-refractivity contribution in [3.63, 3.8) is 0 Å². The van der Waals surface area contributed by atoms with E-state index in [2.05, 4.69) is 20.4 Å². The Morgan fingerprint density at radius 2 is 2.16 bits per heavy atom. The second-order valence-corrected chi connectivity index (χ2v) is 6.41. The van der Waals surface area contributed by atoms with Crippen LogP contribution in [0, 0.1) is 5.82 Å². The minimum atomic E-state index is -0.238. The third-order valence-corrected chi connectivity index (χ3v) is 4.73. The van der Waals surface area contributed by atoms with E-state index in [-0.39, 0.29) is 5.82 Å². The minimum absolute atomic E-state index is 0.238. The van der Waals surface area contributed by atoms with Gasteiger partial charge in [-0.25, -0.2) is 4.39 Å². The van der Waals surface area contributed by atoms with E-state index in [1.165, 1.54) is 0 Å². The molecule has 1 N–H and O–H groups in total. The number of likely N-dealkylation sites (N-methyl/N-ethyl adjacent to an activating group) is 1. The molecule has 3 heterocycles. The average Bonchev–Trinajstić information content (AvgIpc) is 2.95. The molecular weight excluding hydrogens is 315 g/mol. The van der Waals surface area contributed by atoms with Gasteiger partial charge in [-0.15, -0.1) is 0 Å². The smallest absolute Gasteiger partial charge is 0.124 e. The number of nitrogens with one attached hydrogen (secondary N) is 1. The predicted molar refractivity (Wildman–Crippen MR) is 96.9 cm³/mol. The fourth-order valence-corrected chi connectivity index (χ4v) is 3.65. The highest BCUT2D eigenvalue weighted by Gasteiger charge is 2.29. The Bertz CT molecular complexity index is 1020. The van der Waals surface area contributed by atoms with Crippen LogP contribution in [0.15, 0.2) is 59.7 Å². The van der Waals surface area contributed by atoms with E-state index in [1.807, 2.05) is 43.7 Å². The number of aromatic nitrogens is 1. The molecule has 1 aliphatic carbocycles. The Morgan fingerprint density at radius 3 is 3.00 bits per heavy atom. The summed E-state index contributed by atoms with van der Waals surface area (Å²) in [4.78, 5) is 6.34. The summed E-state index contributed by atoms with van der Waals surface area (Å²) >= 11 is 0. The number of halogens is 1. The summed E-state index contributed by atoms with van der Waals surface area (Å²) < 4.78 is 14.2. The topological polar surface area (TPSA) is 40.5 Å². The van der Waals surface area contributed by atoms with Crippen LogP contribution < -0.4 is 5.43 Å². The number of allylic oxidation sites excluding steroid dienone is 2. The molecule has 0 bridgehead atoms. The highest BCUT2D eigenvalue weighted by atomic mass is 19.1. The maximum absolute atomic E-state index is 14.2. The summed E-state index contributed by atoms with van der Waals surface area (Å²) in [7, 11) is 2.02. The molecule has 0 saturated heterocycles. The molecule has 0 spiro atoms. The molecule has 0 radical (unpaired) electrons. The van der Waals surface area contributed by atoms with Crippen molar-refractivity contribution in [2.45, 2.75) is 0 Å². The first-order valence-corrected chi connectivity index (χ1v) is 8.13. The number of hydrogen-bond donors (Lipinski definition) is 1. The zero-order chi connectivity index (χ0) is 17.0. The van der Waals surface area contributed by atoms with Gasteiger partial charge in [-0.05, 0) is 41.0 Å². The number of benzene rings is 1. The third kappa shape index (κ3) is 2.12. The molecule has 0 unspecified atom stereocenters. The molecule has 5 rings (SSSR count). The number of hydrazone groups is 1. The number of hydrogen-bond acceptors (Lipinski definition) is 4. The Balaban J connectivity index is 1.80. The third-order valence-electron chi connectivity index (χ3n) is 4.73. The molecule has 122 valence electrons. The monoisotopic (exact) mass is 330 g/mol. The van der Waals surface area contributed by atoms with Gasteiger partial charge in [0, 0.05) is 48.9 Å². The van der Waals surface area contributed by atoms with Gasteiger partial charge in [0.1, 0.15) is 5.82 Å². The SMILES string of the molecule is CN1C=C2C(=C(c3cccnc3)C1)NN=C1C=Cc3cc(F)cc2c31. The van der Waals surface area contributed by atoms with E-state index in [0.29, 0.717) is 0 Å². The maximum atomic E-state index is 14.2. The van der Waals surface area contributed by atoms with Crippen LogP contribution in [0.4, 0.5) is 4.39 Å². The Kier molecular flexibility index (Phi) is 2.91. The van der Waals surface area contributed by atoms with Crippen molar-refractivity contribution < 1.29 is 4.39 Å². The second-order valence-electron chi connectivity index (χ2n) is 6.41. The van der Waals surface area contributed by atoms with Gasteiger partial charge in [0.15, 0.2) is 0 Å². The normalized spacial score (nSPS) is 17.4. The van der Waals surface area contributed by atoms with Crippen molar-refractivity contribution in [2.75, 3.05) is 13.6 Å². The van der Waals surface area contributed by atoms with Gasteiger partial charge >= 0.3 is 0 Å². The molecule has 0 atom stereocenters. The lowest BCUT2D eigenvalue weighted by atomic mass is 9.90. The van der Waals surface area contributed by atoms with E-state index in [0.717, 1.165) is 51.4 Å². The lowest BCUT2D eigenvalue weighted by molar-refractivity contribution is 0.511. The molecular formula is C20H15FN4. The van der Waals surface area contributed by atoms with Gasteiger partial charge in [-0.2, -0.15) is 5.10 Å². The van der Waals surface area contributed by atoms with Gasteiger partial charge in [0.2, 0.25) is 0 Å². The standard InChI is InChI=1S/C20H15FN4/c1-25-10-16(13-3-2-6-22-9-13)20-17(11-25)15-8-14(21)7-12-4-5-18(19(12)15)23-24-20/h2-9,11,24H,10H2,1H3. The van der Waals surface area contributed by atoms with Crippen LogP contribution in [0.1, 0.15) is 22.3 Å². The average molecular weight is 330 g/mol. The van der Waals surface area contributed by atoms with Crippen LogP contribution in [0.25, 0.3) is 17.2 Å². The Morgan fingerprint density at radius 1 is 1.24 bits per heavy atom. The zero-order valence-corrected chi connectivity index (χ0v) is 13.6. The highest BCUT2D eigenvalue weighted by molar-refractivity contribution is 6.20. The zero-order valence-electron chi connectivity index (χ0n) is 13.6. The van der Waals surface area contributed by atoms with E-state index in [9.17, 15) is 4.39 Å². The van der Waals surface area contributed by atoms with Gasteiger partial charge < -0.3 is 4.90 Å². The van der Waals surface area contributed by atoms with E-state index in [4.69, 9.17) is 0 Å². The van der Waals surface area contributed by atoms with E-state index in [1.54, 1.807) is 18.3 Å². The van der Waals surface area contributed by atoms with Crippen LogP contribution in [0.3, 0.4) is 0 Å². The summed E-state index contributed by atoms with van der Waals surface area (Å²) in [5, 5.41) is 4.57. The molecule has 3 aliphatic rings. The molecule has 1 aromatic carbocycles. The lowest BCUT2D eigenvalue weighted by Crippen LogP contribution is -2.24. The Labute approximate surface area is 144 Å². The molecule has 5 heteroatoms. The van der Waals surface area contributed by atoms with Crippen molar-refractivity contribution >= 4 is 22.9 Å². The fraction of sp³-hybridized carbons (Fsp3) is 0.100. The van der Waals surface area contributed by atoms with Gasteiger partial charge in [0.25, 0.3) is 0 Å². The number of rotatable bonds is 1. The number of nitrogens with zero attached hydrogens (tertiary/aromatic N) is 3. The summed E-state index contributed by atoms with van der Waals surface area (Å²) in [5.74, 6) is -0.238. The largest absolute Gasteiger partial charge is 0.375 e. The van der Waals surface area contributed by atoms with Crippen molar-refractivity contribution in [3.8, 4) is 0 Å². The van der Waals surface area contributed by atoms with Crippen LogP contribution >= 0.6 is 0 Å². The van der Waals surface area contributed by atoms with Gasteiger partial charge in [-0.3, -0.25) is 10.4 Å². The van der Waals surface area contributed by atoms with Crippen molar-refractivity contribution in [3.05, 3.63) is 82.7 Å². The summed E-state index contributed by atoms with van der Waals surface area (Å²) in [6.45, 7) is 0.732. The predicted octanol–water partition coefficient (Wildman–Crippen LogP) is 3.25. The quantitative estimate of drug-likeness (QED) is 0.872. The van der Waals surface area contributed by atoms with E-state index >= 15 is 0 Å². The summed E-state index contributed by atoms with van der Waals surface area (Å²) in [5.41, 5.74) is 10.8. The molecule has 25 heavy (non-hydrogen) atoms. The van der Waals surface area contributed by atoms with Crippen LogP contribution in [0.5, 0.6) is 0 Å². The molecule has 1 aromatic heterocycles. The number of fused-ring (bicyclic) bond motifs is 2. The van der Waals surface area contributed by atoms with Crippen LogP contribution in [0.2, 0.25) is 0 Å². The first-order chi connectivity index (χ1) is 12.2. The summed E-state index contributed by atoms with van der Waals surface area (Å²) in [6.07, 6.45) is 9.49. The summed E-state index contributed by atoms with van der Waals surface area (Å²) in [6, 6.07) is 7.11. The van der Waals surface area contributed by atoms with Crippen molar-refractivity contribution in [1.29, 1.82) is 0 Å². The molecule has 0 saturated carbocycles.